The molecule has 1 aromatic carbocycles. The molecular formula is C13H15F2N3O3. The first-order valence-electron chi connectivity index (χ1n) is 6.22. The van der Waals surface area contributed by atoms with Crippen molar-refractivity contribution in [1.29, 1.82) is 0 Å². The molecular weight excluding hydrogens is 284 g/mol. The number of rotatable bonds is 6. The Kier molecular flexibility index (Phi) is 4.69. The Morgan fingerprint density at radius 1 is 1.43 bits per heavy atom. The van der Waals surface area contributed by atoms with Gasteiger partial charge in [-0.2, -0.15) is 13.8 Å². The lowest BCUT2D eigenvalue weighted by Crippen LogP contribution is -2.36. The molecule has 21 heavy (non-hydrogen) atoms. The van der Waals surface area contributed by atoms with Crippen LogP contribution in [0.1, 0.15) is 11.6 Å². The molecule has 0 fully saturated rings. The van der Waals surface area contributed by atoms with E-state index in [9.17, 15) is 13.6 Å². The van der Waals surface area contributed by atoms with Crippen molar-refractivity contribution < 1.29 is 23.0 Å². The lowest BCUT2D eigenvalue weighted by atomic mass is 10.0. The van der Waals surface area contributed by atoms with Crippen molar-refractivity contribution in [3.05, 3.63) is 29.8 Å². The molecule has 2 N–H and O–H groups in total. The molecule has 0 saturated carbocycles. The first-order chi connectivity index (χ1) is 10.0. The molecule has 0 spiro atoms. The number of alkyl halides is 2. The third-order valence-electron chi connectivity index (χ3n) is 3.03. The molecule has 0 radical (unpaired) electrons. The molecule has 1 atom stereocenters. The summed E-state index contributed by atoms with van der Waals surface area (Å²) in [5, 5.41) is 0. The number of para-hydroxylation sites is 1. The van der Waals surface area contributed by atoms with Gasteiger partial charge < -0.3 is 20.1 Å². The van der Waals surface area contributed by atoms with E-state index < -0.39 is 18.7 Å². The van der Waals surface area contributed by atoms with Crippen LogP contribution in [0.15, 0.2) is 29.3 Å². The number of ether oxygens (including phenoxy) is 2. The number of aliphatic imine (C=N–C) groups is 1. The van der Waals surface area contributed by atoms with Crippen LogP contribution in [0.3, 0.4) is 0 Å². The number of amidine groups is 1. The summed E-state index contributed by atoms with van der Waals surface area (Å²) in [6.07, 6.45) is 0. The predicted molar refractivity (Wildman–Crippen MR) is 71.4 cm³/mol. The SMILES string of the molecule is COCCN1C(=O)N=C(N)C1c1ccccc1OC(F)F. The Balaban J connectivity index is 2.34. The van der Waals surface area contributed by atoms with Gasteiger partial charge in [-0.15, -0.1) is 0 Å². The highest BCUT2D eigenvalue weighted by molar-refractivity contribution is 6.03. The van der Waals surface area contributed by atoms with Crippen LogP contribution in [0.25, 0.3) is 0 Å². The first-order valence-corrected chi connectivity index (χ1v) is 6.22. The molecule has 2 rings (SSSR count). The lowest BCUT2D eigenvalue weighted by Gasteiger charge is -2.25. The van der Waals surface area contributed by atoms with Crippen molar-refractivity contribution in [3.8, 4) is 5.75 Å². The molecule has 2 amide bonds. The van der Waals surface area contributed by atoms with Crippen LogP contribution in [-0.2, 0) is 4.74 Å². The highest BCUT2D eigenvalue weighted by atomic mass is 19.3. The number of nitrogens with zero attached hydrogens (tertiary/aromatic N) is 2. The van der Waals surface area contributed by atoms with Gasteiger partial charge in [0.05, 0.1) is 6.61 Å². The minimum absolute atomic E-state index is 0.0345. The summed E-state index contributed by atoms with van der Waals surface area (Å²) in [6.45, 7) is -2.44. The molecule has 0 saturated heterocycles. The molecule has 0 aromatic heterocycles. The number of carbonyl (C=O) groups excluding carboxylic acids is 1. The maximum absolute atomic E-state index is 12.5. The van der Waals surface area contributed by atoms with Crippen LogP contribution in [0, 0.1) is 0 Å². The van der Waals surface area contributed by atoms with E-state index in [1.165, 1.54) is 18.1 Å². The molecule has 114 valence electrons. The highest BCUT2D eigenvalue weighted by Gasteiger charge is 2.36. The fraction of sp³-hybridized carbons (Fsp3) is 0.385. The number of urea groups is 1. The fourth-order valence-corrected chi connectivity index (χ4v) is 2.16. The molecule has 0 aliphatic carbocycles. The van der Waals surface area contributed by atoms with Crippen LogP contribution >= 0.6 is 0 Å². The molecule has 1 aromatic rings. The molecule has 1 unspecified atom stereocenters. The van der Waals surface area contributed by atoms with Crippen LogP contribution in [0.4, 0.5) is 13.6 Å². The monoisotopic (exact) mass is 299 g/mol. The minimum atomic E-state index is -2.96. The zero-order chi connectivity index (χ0) is 15.4. The van der Waals surface area contributed by atoms with Crippen molar-refractivity contribution in [2.45, 2.75) is 12.7 Å². The van der Waals surface area contributed by atoms with Gasteiger partial charge in [0.1, 0.15) is 17.6 Å². The van der Waals surface area contributed by atoms with Gasteiger partial charge in [-0.25, -0.2) is 4.79 Å². The Morgan fingerprint density at radius 3 is 2.81 bits per heavy atom. The van der Waals surface area contributed by atoms with Gasteiger partial charge in [0, 0.05) is 19.2 Å². The summed E-state index contributed by atoms with van der Waals surface area (Å²) in [5.41, 5.74) is 6.13. The topological polar surface area (TPSA) is 77.2 Å². The smallest absolute Gasteiger partial charge is 0.387 e. The maximum Gasteiger partial charge on any atom is 0.387 e. The van der Waals surface area contributed by atoms with Gasteiger partial charge in [-0.3, -0.25) is 0 Å². The van der Waals surface area contributed by atoms with E-state index in [0.29, 0.717) is 5.56 Å². The summed E-state index contributed by atoms with van der Waals surface area (Å²) in [7, 11) is 1.49. The molecule has 1 aliphatic heterocycles. The fourth-order valence-electron chi connectivity index (χ4n) is 2.16. The predicted octanol–water partition coefficient (Wildman–Crippen LogP) is 1.77. The number of nitrogens with two attached hydrogens (primary N) is 1. The van der Waals surface area contributed by atoms with Crippen LogP contribution in [0.5, 0.6) is 5.75 Å². The molecule has 6 nitrogen and oxygen atoms in total. The summed E-state index contributed by atoms with van der Waals surface area (Å²) < 4.78 is 34.4. The van der Waals surface area contributed by atoms with Gasteiger partial charge in [-0.05, 0) is 6.07 Å². The average Bonchev–Trinajstić information content (AvgIpc) is 2.70. The number of hydrogen-bond donors (Lipinski definition) is 1. The van der Waals surface area contributed by atoms with E-state index >= 15 is 0 Å². The van der Waals surface area contributed by atoms with Crippen LogP contribution in [0.2, 0.25) is 0 Å². The minimum Gasteiger partial charge on any atom is -0.434 e. The number of methoxy groups -OCH3 is 1. The van der Waals surface area contributed by atoms with Gasteiger partial charge in [0.15, 0.2) is 0 Å². The van der Waals surface area contributed by atoms with Gasteiger partial charge in [0.25, 0.3) is 0 Å². The first kappa shape index (κ1) is 15.2. The highest BCUT2D eigenvalue weighted by Crippen LogP contribution is 2.33. The van der Waals surface area contributed by atoms with Gasteiger partial charge in [-0.1, -0.05) is 18.2 Å². The largest absolute Gasteiger partial charge is 0.434 e. The van der Waals surface area contributed by atoms with E-state index in [1.807, 2.05) is 0 Å². The van der Waals surface area contributed by atoms with Crippen molar-refractivity contribution in [3.63, 3.8) is 0 Å². The third kappa shape index (κ3) is 3.27. The average molecular weight is 299 g/mol. The second-order valence-corrected chi connectivity index (χ2v) is 4.32. The normalized spacial score (nSPS) is 18.3. The molecule has 1 aliphatic rings. The van der Waals surface area contributed by atoms with E-state index in [2.05, 4.69) is 9.73 Å². The third-order valence-corrected chi connectivity index (χ3v) is 3.03. The zero-order valence-corrected chi connectivity index (χ0v) is 11.3. The maximum atomic E-state index is 12.5. The van der Waals surface area contributed by atoms with E-state index in [4.69, 9.17) is 10.5 Å². The number of halogens is 2. The van der Waals surface area contributed by atoms with E-state index in [1.54, 1.807) is 18.2 Å². The number of benzene rings is 1. The summed E-state index contributed by atoms with van der Waals surface area (Å²) in [5.74, 6) is 0.00851. The molecule has 8 heteroatoms. The summed E-state index contributed by atoms with van der Waals surface area (Å²) in [6, 6.07) is 4.92. The Bertz CT molecular complexity index is 551. The Labute approximate surface area is 120 Å². The van der Waals surface area contributed by atoms with Gasteiger partial charge >= 0.3 is 12.6 Å². The Morgan fingerprint density at radius 2 is 2.14 bits per heavy atom. The van der Waals surface area contributed by atoms with E-state index in [-0.39, 0.29) is 24.7 Å². The summed E-state index contributed by atoms with van der Waals surface area (Å²) >= 11 is 0. The summed E-state index contributed by atoms with van der Waals surface area (Å²) in [4.78, 5) is 16.9. The van der Waals surface area contributed by atoms with Crippen LogP contribution < -0.4 is 10.5 Å². The number of carbonyl (C=O) groups is 1. The van der Waals surface area contributed by atoms with Crippen molar-refractivity contribution in [2.24, 2.45) is 10.7 Å². The van der Waals surface area contributed by atoms with E-state index in [0.717, 1.165) is 0 Å². The van der Waals surface area contributed by atoms with Crippen molar-refractivity contribution in [2.75, 3.05) is 20.3 Å². The van der Waals surface area contributed by atoms with Crippen LogP contribution in [-0.4, -0.2) is 43.6 Å². The zero-order valence-electron chi connectivity index (χ0n) is 11.3. The second-order valence-electron chi connectivity index (χ2n) is 4.32. The Hall–Kier alpha value is -2.22. The number of amides is 2. The van der Waals surface area contributed by atoms with Crippen molar-refractivity contribution >= 4 is 11.9 Å². The molecule has 0 bridgehead atoms. The number of hydrogen-bond acceptors (Lipinski definition) is 4. The lowest BCUT2D eigenvalue weighted by molar-refractivity contribution is -0.0507. The quantitative estimate of drug-likeness (QED) is 0.868. The standard InChI is InChI=1S/C13H15F2N3O3/c1-20-7-6-18-10(11(16)17-13(18)19)8-4-2-3-5-9(8)21-12(14)15/h2-5,10,12H,6-7H2,1H3,(H2,16,17,19). The second kappa shape index (κ2) is 6.49. The molecule has 1 heterocycles. The van der Waals surface area contributed by atoms with Crippen molar-refractivity contribution in [1.82, 2.24) is 4.90 Å². The van der Waals surface area contributed by atoms with Gasteiger partial charge in [0.2, 0.25) is 0 Å².